The van der Waals surface area contributed by atoms with Crippen LogP contribution in [0.1, 0.15) is 18.1 Å². The number of amides is 1. The number of esters is 1. The summed E-state index contributed by atoms with van der Waals surface area (Å²) in [4.78, 5) is 23.7. The molecular weight excluding hydrogens is 323 g/mol. The lowest BCUT2D eigenvalue weighted by Gasteiger charge is -2.12. The van der Waals surface area contributed by atoms with Crippen LogP contribution in [0.4, 0.5) is 10.1 Å². The van der Waals surface area contributed by atoms with Crippen LogP contribution >= 0.6 is 0 Å². The van der Waals surface area contributed by atoms with Crippen LogP contribution in [0.2, 0.25) is 0 Å². The van der Waals surface area contributed by atoms with Gasteiger partial charge in [0.2, 0.25) is 0 Å². The summed E-state index contributed by atoms with van der Waals surface area (Å²) >= 11 is 0. The molecule has 1 N–H and O–H groups in total. The van der Waals surface area contributed by atoms with Crippen molar-refractivity contribution in [3.05, 3.63) is 71.6 Å². The highest BCUT2D eigenvalue weighted by molar-refractivity contribution is 5.96. The molecule has 6 heteroatoms. The second kappa shape index (κ2) is 8.41. The van der Waals surface area contributed by atoms with Crippen molar-refractivity contribution in [3.63, 3.8) is 0 Å². The van der Waals surface area contributed by atoms with Gasteiger partial charge in [0.25, 0.3) is 5.91 Å². The van der Waals surface area contributed by atoms with E-state index in [9.17, 15) is 14.0 Å². The maximum absolute atomic E-state index is 13.0. The zero-order valence-corrected chi connectivity index (χ0v) is 13.4. The van der Waals surface area contributed by atoms with Crippen molar-refractivity contribution in [1.29, 1.82) is 5.26 Å². The summed E-state index contributed by atoms with van der Waals surface area (Å²) in [6.45, 7) is 1.44. The van der Waals surface area contributed by atoms with Gasteiger partial charge >= 0.3 is 5.97 Å². The summed E-state index contributed by atoms with van der Waals surface area (Å²) in [5.74, 6) is -1.63. The van der Waals surface area contributed by atoms with Gasteiger partial charge in [-0.1, -0.05) is 12.1 Å². The van der Waals surface area contributed by atoms with E-state index in [0.717, 1.165) is 6.08 Å². The number of rotatable bonds is 5. The normalized spacial score (nSPS) is 11.6. The highest BCUT2D eigenvalue weighted by atomic mass is 19.1. The molecule has 0 heterocycles. The molecule has 1 amide bonds. The molecule has 0 saturated heterocycles. The largest absolute Gasteiger partial charge is 0.449 e. The average molecular weight is 338 g/mol. The highest BCUT2D eigenvalue weighted by Crippen LogP contribution is 2.10. The molecule has 25 heavy (non-hydrogen) atoms. The molecular formula is C19H15FN2O3. The second-order valence-corrected chi connectivity index (χ2v) is 5.15. The van der Waals surface area contributed by atoms with Gasteiger partial charge in [0.15, 0.2) is 6.10 Å². The number of nitriles is 1. The maximum atomic E-state index is 13.0. The molecule has 0 aliphatic rings. The molecule has 2 aromatic rings. The Balaban J connectivity index is 1.89. The smallest absolute Gasteiger partial charge is 0.331 e. The third-order valence-corrected chi connectivity index (χ3v) is 3.20. The SMILES string of the molecule is C[C@@H](OC(=O)/C=C/c1cccc(F)c1)C(=O)Nc1ccc(C#N)cc1. The first-order valence-electron chi connectivity index (χ1n) is 7.43. The van der Waals surface area contributed by atoms with Crippen LogP contribution in [-0.4, -0.2) is 18.0 Å². The molecule has 0 bridgehead atoms. The van der Waals surface area contributed by atoms with Gasteiger partial charge in [-0.3, -0.25) is 4.79 Å². The van der Waals surface area contributed by atoms with Crippen LogP contribution in [-0.2, 0) is 14.3 Å². The van der Waals surface area contributed by atoms with Crippen molar-refractivity contribution in [1.82, 2.24) is 0 Å². The van der Waals surface area contributed by atoms with Gasteiger partial charge in [0.05, 0.1) is 11.6 Å². The molecule has 0 aliphatic carbocycles. The molecule has 0 aromatic heterocycles. The molecule has 0 spiro atoms. The van der Waals surface area contributed by atoms with Gasteiger partial charge in [0, 0.05) is 11.8 Å². The first-order valence-corrected chi connectivity index (χ1v) is 7.43. The van der Waals surface area contributed by atoms with Crippen LogP contribution in [0.15, 0.2) is 54.6 Å². The monoisotopic (exact) mass is 338 g/mol. The topological polar surface area (TPSA) is 79.2 Å². The lowest BCUT2D eigenvalue weighted by atomic mass is 10.2. The van der Waals surface area contributed by atoms with E-state index in [1.54, 1.807) is 30.3 Å². The van der Waals surface area contributed by atoms with E-state index in [1.807, 2.05) is 6.07 Å². The Morgan fingerprint density at radius 3 is 2.60 bits per heavy atom. The van der Waals surface area contributed by atoms with Crippen molar-refractivity contribution in [3.8, 4) is 6.07 Å². The maximum Gasteiger partial charge on any atom is 0.331 e. The molecule has 0 unspecified atom stereocenters. The average Bonchev–Trinajstić information content (AvgIpc) is 2.60. The van der Waals surface area contributed by atoms with Gasteiger partial charge in [0.1, 0.15) is 5.82 Å². The van der Waals surface area contributed by atoms with E-state index in [1.165, 1.54) is 31.2 Å². The Labute approximate surface area is 144 Å². The highest BCUT2D eigenvalue weighted by Gasteiger charge is 2.16. The predicted octanol–water partition coefficient (Wildman–Crippen LogP) is 3.28. The van der Waals surface area contributed by atoms with Crippen LogP contribution in [0.25, 0.3) is 6.08 Å². The van der Waals surface area contributed by atoms with Gasteiger partial charge in [-0.15, -0.1) is 0 Å². The van der Waals surface area contributed by atoms with Crippen LogP contribution < -0.4 is 5.32 Å². The molecule has 2 rings (SSSR count). The fraction of sp³-hybridized carbons (Fsp3) is 0.105. The number of carbonyl (C=O) groups is 2. The molecule has 5 nitrogen and oxygen atoms in total. The lowest BCUT2D eigenvalue weighted by molar-refractivity contribution is -0.148. The van der Waals surface area contributed by atoms with Crippen molar-refractivity contribution in [2.75, 3.05) is 5.32 Å². The van der Waals surface area contributed by atoms with Gasteiger partial charge in [-0.2, -0.15) is 5.26 Å². The van der Waals surface area contributed by atoms with E-state index < -0.39 is 23.8 Å². The number of nitrogens with one attached hydrogen (secondary N) is 1. The minimum absolute atomic E-state index is 0.411. The van der Waals surface area contributed by atoms with Gasteiger partial charge in [-0.25, -0.2) is 9.18 Å². The van der Waals surface area contributed by atoms with Crippen LogP contribution in [0.3, 0.4) is 0 Å². The van der Waals surface area contributed by atoms with Crippen molar-refractivity contribution < 1.29 is 18.7 Å². The number of carbonyl (C=O) groups excluding carboxylic acids is 2. The first kappa shape index (κ1) is 17.9. The molecule has 126 valence electrons. The number of benzene rings is 2. The number of ether oxygens (including phenoxy) is 1. The quantitative estimate of drug-likeness (QED) is 0.670. The Bertz CT molecular complexity index is 838. The fourth-order valence-electron chi connectivity index (χ4n) is 1.91. The van der Waals surface area contributed by atoms with E-state index in [4.69, 9.17) is 10.00 Å². The molecule has 1 atom stereocenters. The number of hydrogen-bond acceptors (Lipinski definition) is 4. The van der Waals surface area contributed by atoms with Crippen molar-refractivity contribution >= 4 is 23.6 Å². The standard InChI is InChI=1S/C19H15FN2O3/c1-13(19(24)22-17-8-5-15(12-21)6-9-17)25-18(23)10-7-14-3-2-4-16(20)11-14/h2-11,13H,1H3,(H,22,24)/b10-7+/t13-/m1/s1. The molecule has 0 aliphatic heterocycles. The van der Waals surface area contributed by atoms with Crippen molar-refractivity contribution in [2.24, 2.45) is 0 Å². The number of hydrogen-bond donors (Lipinski definition) is 1. The van der Waals surface area contributed by atoms with Crippen LogP contribution in [0.5, 0.6) is 0 Å². The summed E-state index contributed by atoms with van der Waals surface area (Å²) in [6, 6.07) is 14.0. The summed E-state index contributed by atoms with van der Waals surface area (Å²) in [5, 5.41) is 11.3. The Hall–Kier alpha value is -3.46. The summed E-state index contributed by atoms with van der Waals surface area (Å²) < 4.78 is 18.0. The third kappa shape index (κ3) is 5.59. The number of halogens is 1. The van der Waals surface area contributed by atoms with E-state index in [2.05, 4.69) is 5.32 Å². The van der Waals surface area contributed by atoms with Gasteiger partial charge < -0.3 is 10.1 Å². The zero-order chi connectivity index (χ0) is 18.2. The van der Waals surface area contributed by atoms with Crippen molar-refractivity contribution in [2.45, 2.75) is 13.0 Å². The minimum atomic E-state index is -1.01. The van der Waals surface area contributed by atoms with E-state index >= 15 is 0 Å². The Morgan fingerprint density at radius 2 is 1.96 bits per heavy atom. The molecule has 0 radical (unpaired) electrons. The first-order chi connectivity index (χ1) is 12.0. The Kier molecular flexibility index (Phi) is 6.02. The predicted molar refractivity (Wildman–Crippen MR) is 90.8 cm³/mol. The number of anilines is 1. The van der Waals surface area contributed by atoms with E-state index in [-0.39, 0.29) is 0 Å². The van der Waals surface area contributed by atoms with Gasteiger partial charge in [-0.05, 0) is 55.0 Å². The zero-order valence-electron chi connectivity index (χ0n) is 13.4. The lowest BCUT2D eigenvalue weighted by Crippen LogP contribution is -2.29. The molecule has 0 fully saturated rings. The molecule has 0 saturated carbocycles. The summed E-state index contributed by atoms with van der Waals surface area (Å²) in [5.41, 5.74) is 1.47. The minimum Gasteiger partial charge on any atom is -0.449 e. The summed E-state index contributed by atoms with van der Waals surface area (Å²) in [6.07, 6.45) is 1.51. The number of nitrogens with zero attached hydrogens (tertiary/aromatic N) is 1. The molecule has 2 aromatic carbocycles. The Morgan fingerprint density at radius 1 is 1.24 bits per heavy atom. The third-order valence-electron chi connectivity index (χ3n) is 3.20. The van der Waals surface area contributed by atoms with E-state index in [0.29, 0.717) is 16.8 Å². The second-order valence-electron chi connectivity index (χ2n) is 5.15. The fourth-order valence-corrected chi connectivity index (χ4v) is 1.91. The van der Waals surface area contributed by atoms with Crippen LogP contribution in [0, 0.1) is 17.1 Å². The summed E-state index contributed by atoms with van der Waals surface area (Å²) in [7, 11) is 0.